The van der Waals surface area contributed by atoms with Gasteiger partial charge in [0, 0.05) is 24.9 Å². The smallest absolute Gasteiger partial charge is 0.468 e. The van der Waals surface area contributed by atoms with Crippen molar-refractivity contribution in [1.29, 1.82) is 0 Å². The Bertz CT molecular complexity index is 1170. The zero-order valence-electron chi connectivity index (χ0n) is 19.8. The van der Waals surface area contributed by atoms with E-state index in [2.05, 4.69) is 36.7 Å². The van der Waals surface area contributed by atoms with Gasteiger partial charge in [0.2, 0.25) is 18.8 Å². The maximum atomic E-state index is 13.1. The van der Waals surface area contributed by atoms with Crippen LogP contribution in [0.15, 0.2) is 55.1 Å². The number of hydrogen-bond donors (Lipinski definition) is 2. The zero-order valence-corrected chi connectivity index (χ0v) is 19.8. The van der Waals surface area contributed by atoms with Gasteiger partial charge in [-0.1, -0.05) is 24.8 Å². The van der Waals surface area contributed by atoms with Crippen LogP contribution < -0.4 is 20.1 Å². The summed E-state index contributed by atoms with van der Waals surface area (Å²) in [5, 5.41) is 5.18. The predicted octanol–water partition coefficient (Wildman–Crippen LogP) is 7.59. The first-order valence-corrected chi connectivity index (χ1v) is 10.3. The molecule has 0 atom stereocenters. The quantitative estimate of drug-likeness (QED) is 0.284. The number of alkyl halides is 8. The minimum Gasteiger partial charge on any atom is -0.468 e. The number of anilines is 3. The summed E-state index contributed by atoms with van der Waals surface area (Å²) in [5.74, 6) is -2.61. The summed E-state index contributed by atoms with van der Waals surface area (Å²) in [5.41, 5.74) is 0.904. The third-order valence-electron chi connectivity index (χ3n) is 3.85. The molecule has 214 valence electrons. The highest BCUT2D eigenvalue weighted by molar-refractivity contribution is 5.58. The van der Waals surface area contributed by atoms with Crippen LogP contribution in [0.1, 0.15) is 5.56 Å². The van der Waals surface area contributed by atoms with Crippen LogP contribution in [0.5, 0.6) is 11.6 Å². The molecule has 16 heteroatoms. The Morgan fingerprint density at radius 1 is 0.897 bits per heavy atom. The van der Waals surface area contributed by atoms with Crippen LogP contribution >= 0.6 is 0 Å². The Labute approximate surface area is 215 Å². The second-order valence-corrected chi connectivity index (χ2v) is 6.74. The molecular formula is C23H20F10N4O2. The van der Waals surface area contributed by atoms with Crippen molar-refractivity contribution in [1.82, 2.24) is 9.97 Å². The molecule has 0 aliphatic rings. The lowest BCUT2D eigenvalue weighted by Gasteiger charge is -2.12. The van der Waals surface area contributed by atoms with Crippen molar-refractivity contribution < 1.29 is 53.4 Å². The van der Waals surface area contributed by atoms with E-state index in [-0.39, 0.29) is 29.1 Å². The average Bonchev–Trinajstić information content (AvgIpc) is 2.85. The van der Waals surface area contributed by atoms with E-state index in [0.29, 0.717) is 0 Å². The molecule has 6 nitrogen and oxygen atoms in total. The summed E-state index contributed by atoms with van der Waals surface area (Å²) < 4.78 is 125. The third kappa shape index (κ3) is 13.8. The van der Waals surface area contributed by atoms with Crippen molar-refractivity contribution in [2.75, 3.05) is 31.2 Å². The summed E-state index contributed by atoms with van der Waals surface area (Å²) >= 11 is 0. The van der Waals surface area contributed by atoms with E-state index >= 15 is 0 Å². The van der Waals surface area contributed by atoms with Gasteiger partial charge in [0.05, 0.1) is 0 Å². The molecule has 3 aromatic rings. The van der Waals surface area contributed by atoms with Crippen molar-refractivity contribution in [2.24, 2.45) is 0 Å². The van der Waals surface area contributed by atoms with Crippen molar-refractivity contribution in [3.8, 4) is 11.6 Å². The lowest BCUT2D eigenvalue weighted by Crippen LogP contribution is -2.20. The summed E-state index contributed by atoms with van der Waals surface area (Å²) in [6.45, 7) is 0.206. The minimum absolute atomic E-state index is 0.00485. The fourth-order valence-corrected chi connectivity index (χ4v) is 2.36. The van der Waals surface area contributed by atoms with Crippen LogP contribution in [0.2, 0.25) is 0 Å². The van der Waals surface area contributed by atoms with Gasteiger partial charge >= 0.3 is 12.5 Å². The number of nitrogens with zero attached hydrogens (tertiary/aromatic N) is 2. The highest BCUT2D eigenvalue weighted by Crippen LogP contribution is 2.24. The van der Waals surface area contributed by atoms with Gasteiger partial charge in [-0.3, -0.25) is 0 Å². The molecule has 0 spiro atoms. The van der Waals surface area contributed by atoms with Crippen molar-refractivity contribution in [2.45, 2.75) is 12.5 Å². The Kier molecular flexibility index (Phi) is 12.8. The monoisotopic (exact) mass is 574 g/mol. The number of rotatable bonds is 7. The van der Waals surface area contributed by atoms with Gasteiger partial charge < -0.3 is 20.1 Å². The van der Waals surface area contributed by atoms with Gasteiger partial charge in [-0.15, -0.1) is 13.2 Å². The number of benzene rings is 2. The zero-order chi connectivity index (χ0) is 29.6. The van der Waals surface area contributed by atoms with Gasteiger partial charge in [0.25, 0.3) is 0 Å². The minimum atomic E-state index is -4.63. The molecule has 0 saturated heterocycles. The van der Waals surface area contributed by atoms with Crippen molar-refractivity contribution in [3.05, 3.63) is 72.3 Å². The third-order valence-corrected chi connectivity index (χ3v) is 3.85. The molecule has 0 aliphatic carbocycles. The summed E-state index contributed by atoms with van der Waals surface area (Å²) in [6.07, 6.45) is -7.61. The first-order chi connectivity index (χ1) is 18.2. The number of hydrogen-bond acceptors (Lipinski definition) is 6. The van der Waals surface area contributed by atoms with Crippen LogP contribution in [0.4, 0.5) is 61.4 Å². The average molecular weight is 574 g/mol. The van der Waals surface area contributed by atoms with Gasteiger partial charge in [-0.2, -0.15) is 23.1 Å². The Morgan fingerprint density at radius 2 is 1.51 bits per heavy atom. The number of aromatic nitrogens is 2. The first-order valence-electron chi connectivity index (χ1n) is 10.3. The van der Waals surface area contributed by atoms with E-state index < -0.39 is 37.7 Å². The van der Waals surface area contributed by atoms with E-state index in [4.69, 9.17) is 0 Å². The predicted molar refractivity (Wildman–Crippen MR) is 123 cm³/mol. The molecule has 2 N–H and O–H groups in total. The van der Waals surface area contributed by atoms with E-state index in [9.17, 15) is 43.9 Å². The Morgan fingerprint density at radius 3 is 2.00 bits per heavy atom. The van der Waals surface area contributed by atoms with Crippen LogP contribution in [0, 0.1) is 11.6 Å². The standard InChI is InChI=1S/C13H11F5N4O.C9H7F3O.CH2F2/c1-19-12-21-10(5-11(22-12)23-6-13(16,17)18)20-7-2-3-8(14)9(15)4-7;1-2-7-3-5-8(6-4-7)13-9(10,11)12;2-1-3/h2-5H,6H2,1H3,(H2,19,20,21,22);2-6H,1H2;1H2. The Hall–Kier alpha value is -4.24. The highest BCUT2D eigenvalue weighted by atomic mass is 19.4. The molecule has 1 heterocycles. The summed E-state index contributed by atoms with van der Waals surface area (Å²) in [7, 11) is 1.46. The van der Waals surface area contributed by atoms with Gasteiger partial charge in [0.15, 0.2) is 18.2 Å². The van der Waals surface area contributed by atoms with Crippen LogP contribution in [0.3, 0.4) is 0 Å². The molecular weight excluding hydrogens is 554 g/mol. The lowest BCUT2D eigenvalue weighted by atomic mass is 10.2. The molecule has 0 radical (unpaired) electrons. The van der Waals surface area contributed by atoms with E-state index in [0.717, 1.165) is 23.8 Å². The molecule has 3 rings (SSSR count). The largest absolute Gasteiger partial charge is 0.573 e. The van der Waals surface area contributed by atoms with E-state index in [1.165, 1.54) is 43.5 Å². The van der Waals surface area contributed by atoms with E-state index in [1.807, 2.05) is 0 Å². The molecule has 0 aliphatic heterocycles. The number of halogens is 10. The second kappa shape index (κ2) is 15.2. The molecule has 1 aromatic heterocycles. The van der Waals surface area contributed by atoms with Gasteiger partial charge in [-0.05, 0) is 29.8 Å². The molecule has 0 amide bonds. The van der Waals surface area contributed by atoms with E-state index in [1.54, 1.807) is 0 Å². The maximum absolute atomic E-state index is 13.1. The molecule has 0 bridgehead atoms. The summed E-state index contributed by atoms with van der Waals surface area (Å²) in [6, 6.07) is 9.60. The highest BCUT2D eigenvalue weighted by Gasteiger charge is 2.31. The topological polar surface area (TPSA) is 68.3 Å². The Balaban J connectivity index is 0.000000401. The van der Waals surface area contributed by atoms with Crippen LogP contribution in [-0.4, -0.2) is 43.1 Å². The lowest BCUT2D eigenvalue weighted by molar-refractivity contribution is -0.274. The molecule has 0 unspecified atom stereocenters. The van der Waals surface area contributed by atoms with Crippen molar-refractivity contribution >= 4 is 23.5 Å². The van der Waals surface area contributed by atoms with Gasteiger partial charge in [0.1, 0.15) is 11.6 Å². The molecule has 0 saturated carbocycles. The normalized spacial score (nSPS) is 10.7. The second-order valence-electron chi connectivity index (χ2n) is 6.74. The number of nitrogens with one attached hydrogen (secondary N) is 2. The molecule has 0 fully saturated rings. The SMILES string of the molecule is C=Cc1ccc(OC(F)(F)F)cc1.CNc1nc(Nc2ccc(F)c(F)c2)cc(OCC(F)(F)F)n1.FCF. The van der Waals surface area contributed by atoms with Crippen molar-refractivity contribution in [3.63, 3.8) is 0 Å². The summed E-state index contributed by atoms with van der Waals surface area (Å²) in [4.78, 5) is 7.64. The fraction of sp³-hybridized carbons (Fsp3) is 0.217. The van der Waals surface area contributed by atoms with Gasteiger partial charge in [-0.25, -0.2) is 17.6 Å². The fourth-order valence-electron chi connectivity index (χ4n) is 2.36. The maximum Gasteiger partial charge on any atom is 0.573 e. The number of ether oxygens (including phenoxy) is 2. The van der Waals surface area contributed by atoms with Crippen LogP contribution in [-0.2, 0) is 0 Å². The first kappa shape index (κ1) is 32.8. The van der Waals surface area contributed by atoms with Crippen LogP contribution in [0.25, 0.3) is 6.08 Å². The molecule has 2 aromatic carbocycles. The molecule has 39 heavy (non-hydrogen) atoms.